The Hall–Kier alpha value is -2.13. The molecule has 134 valence electrons. The predicted octanol–water partition coefficient (Wildman–Crippen LogP) is 4.98. The van der Waals surface area contributed by atoms with Crippen LogP contribution in [0.4, 0.5) is 4.39 Å². The largest absolute Gasteiger partial charge is 0.343 e. The van der Waals surface area contributed by atoms with Crippen LogP contribution in [0.2, 0.25) is 0 Å². The van der Waals surface area contributed by atoms with Gasteiger partial charge in [0.05, 0.1) is 0 Å². The summed E-state index contributed by atoms with van der Waals surface area (Å²) in [6, 6.07) is 14.0. The lowest BCUT2D eigenvalue weighted by atomic mass is 9.70. The van der Waals surface area contributed by atoms with E-state index < -0.39 is 0 Å². The molecule has 0 spiro atoms. The zero-order valence-electron chi connectivity index (χ0n) is 15.7. The minimum absolute atomic E-state index is 0.132. The zero-order chi connectivity index (χ0) is 18.1. The van der Waals surface area contributed by atoms with Crippen LogP contribution in [0.5, 0.6) is 0 Å². The standard InChI is InChI=1S/C23H25FN2/c1-15-4-9-21-19(10-15)20-13-25(3)14-23(2)11-17(12-26(21)22(20)23)16-5-7-18(24)8-6-16/h4-10,17H,11-14H2,1-3H3. The van der Waals surface area contributed by atoms with Gasteiger partial charge in [-0.3, -0.25) is 0 Å². The van der Waals surface area contributed by atoms with Crippen LogP contribution in [-0.2, 0) is 18.5 Å². The van der Waals surface area contributed by atoms with E-state index in [2.05, 4.69) is 48.6 Å². The van der Waals surface area contributed by atoms with Crippen LogP contribution in [0.1, 0.15) is 41.6 Å². The lowest BCUT2D eigenvalue weighted by molar-refractivity contribution is 0.177. The first-order chi connectivity index (χ1) is 12.4. The molecule has 3 aromatic rings. The van der Waals surface area contributed by atoms with Crippen molar-refractivity contribution in [1.29, 1.82) is 0 Å². The molecule has 2 aliphatic rings. The number of likely N-dealkylation sites (N-methyl/N-ethyl adjacent to an activating group) is 1. The fourth-order valence-electron chi connectivity index (χ4n) is 5.52. The first-order valence-electron chi connectivity index (χ1n) is 9.51. The molecule has 1 aromatic heterocycles. The first kappa shape index (κ1) is 16.1. The summed E-state index contributed by atoms with van der Waals surface area (Å²) in [6.45, 7) is 7.68. The van der Waals surface area contributed by atoms with Crippen LogP contribution in [-0.4, -0.2) is 23.1 Å². The van der Waals surface area contributed by atoms with Crippen molar-refractivity contribution in [2.45, 2.75) is 44.7 Å². The number of aryl methyl sites for hydroxylation is 1. The van der Waals surface area contributed by atoms with Gasteiger partial charge in [-0.25, -0.2) is 4.39 Å². The SMILES string of the molecule is Cc1ccc2c(c1)c1c3n2CC(c2ccc(F)cc2)CC3(C)CN(C)C1. The molecule has 2 unspecified atom stereocenters. The number of hydrogen-bond acceptors (Lipinski definition) is 1. The molecule has 0 radical (unpaired) electrons. The summed E-state index contributed by atoms with van der Waals surface area (Å²) < 4.78 is 16.0. The summed E-state index contributed by atoms with van der Waals surface area (Å²) in [7, 11) is 2.23. The normalized spacial score (nSPS) is 25.5. The predicted molar refractivity (Wildman–Crippen MR) is 104 cm³/mol. The number of benzene rings is 2. The Morgan fingerprint density at radius 1 is 1.12 bits per heavy atom. The third-order valence-electron chi connectivity index (χ3n) is 6.38. The molecule has 2 aromatic carbocycles. The van der Waals surface area contributed by atoms with Gasteiger partial charge in [0.1, 0.15) is 5.82 Å². The van der Waals surface area contributed by atoms with Crippen LogP contribution in [0.25, 0.3) is 10.9 Å². The molecule has 0 N–H and O–H groups in total. The van der Waals surface area contributed by atoms with Gasteiger partial charge < -0.3 is 9.47 Å². The number of hydrogen-bond donors (Lipinski definition) is 0. The van der Waals surface area contributed by atoms with E-state index >= 15 is 0 Å². The second-order valence-electron chi connectivity index (χ2n) is 8.64. The molecule has 5 rings (SSSR count). The van der Waals surface area contributed by atoms with Crippen molar-refractivity contribution in [3.05, 3.63) is 70.7 Å². The van der Waals surface area contributed by atoms with Crippen LogP contribution in [0.3, 0.4) is 0 Å². The average molecular weight is 348 g/mol. The molecular formula is C23H25FN2. The smallest absolute Gasteiger partial charge is 0.123 e. The summed E-state index contributed by atoms with van der Waals surface area (Å²) in [6.07, 6.45) is 1.12. The maximum Gasteiger partial charge on any atom is 0.123 e. The Labute approximate surface area is 154 Å². The minimum Gasteiger partial charge on any atom is -0.343 e. The van der Waals surface area contributed by atoms with Gasteiger partial charge in [-0.2, -0.15) is 0 Å². The molecule has 2 nitrogen and oxygen atoms in total. The molecule has 3 heterocycles. The van der Waals surface area contributed by atoms with Crippen molar-refractivity contribution in [1.82, 2.24) is 9.47 Å². The minimum atomic E-state index is -0.155. The van der Waals surface area contributed by atoms with Crippen molar-refractivity contribution in [2.75, 3.05) is 13.6 Å². The van der Waals surface area contributed by atoms with Crippen LogP contribution in [0.15, 0.2) is 42.5 Å². The van der Waals surface area contributed by atoms with Gasteiger partial charge in [0.25, 0.3) is 0 Å². The van der Waals surface area contributed by atoms with Gasteiger partial charge in [0.2, 0.25) is 0 Å². The lowest BCUT2D eigenvalue weighted by Gasteiger charge is -2.46. The van der Waals surface area contributed by atoms with Gasteiger partial charge in [-0.05, 0) is 55.8 Å². The summed E-state index contributed by atoms with van der Waals surface area (Å²) in [5.74, 6) is 0.266. The molecule has 0 saturated carbocycles. The second-order valence-corrected chi connectivity index (χ2v) is 8.64. The van der Waals surface area contributed by atoms with E-state index in [9.17, 15) is 4.39 Å². The molecule has 2 aliphatic heterocycles. The topological polar surface area (TPSA) is 8.17 Å². The summed E-state index contributed by atoms with van der Waals surface area (Å²) in [5, 5.41) is 1.41. The quantitative estimate of drug-likeness (QED) is 0.602. The average Bonchev–Trinajstić information content (AvgIpc) is 2.89. The van der Waals surface area contributed by atoms with E-state index in [0.717, 1.165) is 26.1 Å². The zero-order valence-corrected chi connectivity index (χ0v) is 15.7. The molecule has 0 amide bonds. The molecule has 0 fully saturated rings. The molecular weight excluding hydrogens is 323 g/mol. The Bertz CT molecular complexity index is 1000. The number of nitrogens with zero attached hydrogens (tertiary/aromatic N) is 2. The van der Waals surface area contributed by atoms with Crippen molar-refractivity contribution >= 4 is 10.9 Å². The van der Waals surface area contributed by atoms with Crippen molar-refractivity contribution in [3.8, 4) is 0 Å². The summed E-state index contributed by atoms with van der Waals surface area (Å²) in [4.78, 5) is 2.46. The molecule has 0 bridgehead atoms. The Balaban J connectivity index is 1.73. The molecule has 3 heteroatoms. The maximum atomic E-state index is 13.4. The molecule has 0 saturated heterocycles. The second kappa shape index (κ2) is 5.43. The fraction of sp³-hybridized carbons (Fsp3) is 0.391. The van der Waals surface area contributed by atoms with Gasteiger partial charge >= 0.3 is 0 Å². The van der Waals surface area contributed by atoms with E-state index in [4.69, 9.17) is 0 Å². The van der Waals surface area contributed by atoms with E-state index in [1.165, 1.54) is 33.3 Å². The van der Waals surface area contributed by atoms with Gasteiger partial charge in [0.15, 0.2) is 0 Å². The van der Waals surface area contributed by atoms with E-state index in [-0.39, 0.29) is 11.2 Å². The number of fused-ring (bicyclic) bond motifs is 3. The van der Waals surface area contributed by atoms with E-state index in [1.54, 1.807) is 12.1 Å². The van der Waals surface area contributed by atoms with Crippen LogP contribution in [0, 0.1) is 12.7 Å². The number of rotatable bonds is 1. The third kappa shape index (κ3) is 2.26. The maximum absolute atomic E-state index is 13.4. The van der Waals surface area contributed by atoms with Crippen molar-refractivity contribution in [3.63, 3.8) is 0 Å². The van der Waals surface area contributed by atoms with Gasteiger partial charge in [0, 0.05) is 47.6 Å². The van der Waals surface area contributed by atoms with E-state index in [1.807, 2.05) is 12.1 Å². The fourth-order valence-corrected chi connectivity index (χ4v) is 5.52. The lowest BCUT2D eigenvalue weighted by Crippen LogP contribution is -2.47. The molecule has 0 aliphatic carbocycles. The highest BCUT2D eigenvalue weighted by molar-refractivity contribution is 5.87. The monoisotopic (exact) mass is 348 g/mol. The van der Waals surface area contributed by atoms with Gasteiger partial charge in [-0.15, -0.1) is 0 Å². The number of aromatic nitrogens is 1. The molecule has 2 atom stereocenters. The summed E-state index contributed by atoms with van der Waals surface area (Å²) >= 11 is 0. The first-order valence-corrected chi connectivity index (χ1v) is 9.51. The van der Waals surface area contributed by atoms with Crippen molar-refractivity contribution in [2.24, 2.45) is 0 Å². The Morgan fingerprint density at radius 3 is 2.65 bits per heavy atom. The highest BCUT2D eigenvalue weighted by atomic mass is 19.1. The molecule has 26 heavy (non-hydrogen) atoms. The highest BCUT2D eigenvalue weighted by Crippen LogP contribution is 2.48. The van der Waals surface area contributed by atoms with Crippen LogP contribution >= 0.6 is 0 Å². The van der Waals surface area contributed by atoms with E-state index in [0.29, 0.717) is 5.92 Å². The highest BCUT2D eigenvalue weighted by Gasteiger charge is 2.44. The third-order valence-corrected chi connectivity index (χ3v) is 6.38. The number of halogens is 1. The Morgan fingerprint density at radius 2 is 1.88 bits per heavy atom. The van der Waals surface area contributed by atoms with Crippen molar-refractivity contribution < 1.29 is 4.39 Å². The van der Waals surface area contributed by atoms with Crippen LogP contribution < -0.4 is 0 Å². The summed E-state index contributed by atoms with van der Waals surface area (Å²) in [5.41, 5.74) is 7.11. The van der Waals surface area contributed by atoms with Gasteiger partial charge in [-0.1, -0.05) is 30.7 Å². The Kier molecular flexibility index (Phi) is 3.36.